The van der Waals surface area contributed by atoms with Gasteiger partial charge in [0.1, 0.15) is 19.6 Å². The Labute approximate surface area is 137 Å². The van der Waals surface area contributed by atoms with Crippen LogP contribution in [0.3, 0.4) is 0 Å². The highest BCUT2D eigenvalue weighted by atomic mass is 16.5. The zero-order valence-electron chi connectivity index (χ0n) is 13.6. The fraction of sp³-hybridized carbons (Fsp3) is 0.500. The van der Waals surface area contributed by atoms with Crippen LogP contribution in [0, 0.1) is 0 Å². The van der Waals surface area contributed by atoms with Crippen molar-refractivity contribution in [2.75, 3.05) is 26.3 Å². The van der Waals surface area contributed by atoms with Crippen molar-refractivity contribution in [2.45, 2.75) is 32.2 Å². The van der Waals surface area contributed by atoms with Gasteiger partial charge in [-0.3, -0.25) is 10.2 Å². The molecule has 0 aromatic heterocycles. The van der Waals surface area contributed by atoms with Gasteiger partial charge in [0.25, 0.3) is 5.91 Å². The van der Waals surface area contributed by atoms with E-state index < -0.39 is 0 Å². The van der Waals surface area contributed by atoms with Crippen molar-refractivity contribution >= 4 is 5.91 Å². The zero-order chi connectivity index (χ0) is 15.9. The predicted octanol–water partition coefficient (Wildman–Crippen LogP) is 0.794. The average molecular weight is 316 g/mol. The smallest absolute Gasteiger partial charge is 0.269 e. The maximum atomic E-state index is 12.2. The van der Waals surface area contributed by atoms with Gasteiger partial charge < -0.3 is 15.1 Å². The number of hydrazine groups is 1. The molecule has 1 heterocycles. The first-order valence-corrected chi connectivity index (χ1v) is 8.57. The number of hydrogen-bond donors (Lipinski definition) is 3. The first-order valence-electron chi connectivity index (χ1n) is 8.57. The highest BCUT2D eigenvalue weighted by Gasteiger charge is 2.14. The molecule has 1 saturated heterocycles. The highest BCUT2D eigenvalue weighted by Crippen LogP contribution is 2.14. The first kappa shape index (κ1) is 16.0. The third-order valence-corrected chi connectivity index (χ3v) is 4.50. The van der Waals surface area contributed by atoms with Crippen molar-refractivity contribution in [1.29, 1.82) is 0 Å². The first-order chi connectivity index (χ1) is 11.3. The summed E-state index contributed by atoms with van der Waals surface area (Å²) >= 11 is 0. The van der Waals surface area contributed by atoms with Gasteiger partial charge in [-0.05, 0) is 37.8 Å². The van der Waals surface area contributed by atoms with E-state index in [1.807, 2.05) is 12.1 Å². The fourth-order valence-corrected chi connectivity index (χ4v) is 3.06. The summed E-state index contributed by atoms with van der Waals surface area (Å²) in [5.41, 5.74) is 8.91. The second kappa shape index (κ2) is 8.13. The van der Waals surface area contributed by atoms with Crippen LogP contribution in [0.1, 0.15) is 41.6 Å². The minimum atomic E-state index is -0.0817. The Balaban J connectivity index is 1.49. The molecule has 23 heavy (non-hydrogen) atoms. The van der Waals surface area contributed by atoms with Crippen LogP contribution in [0.4, 0.5) is 0 Å². The van der Waals surface area contributed by atoms with E-state index in [1.165, 1.54) is 18.4 Å². The number of morpholine rings is 1. The maximum Gasteiger partial charge on any atom is 0.269 e. The molecule has 1 aliphatic carbocycles. The van der Waals surface area contributed by atoms with E-state index in [0.717, 1.165) is 51.4 Å². The Morgan fingerprint density at radius 3 is 2.61 bits per heavy atom. The monoisotopic (exact) mass is 316 g/mol. The van der Waals surface area contributed by atoms with E-state index in [9.17, 15) is 4.79 Å². The molecule has 0 spiro atoms. The number of benzene rings is 1. The topological polar surface area (TPSA) is 54.8 Å². The van der Waals surface area contributed by atoms with Gasteiger partial charge in [0, 0.05) is 16.8 Å². The molecule has 3 N–H and O–H groups in total. The molecule has 0 bridgehead atoms. The van der Waals surface area contributed by atoms with Crippen LogP contribution in [-0.2, 0) is 11.3 Å². The lowest BCUT2D eigenvalue weighted by molar-refractivity contribution is -0.921. The van der Waals surface area contributed by atoms with Crippen LogP contribution in [0.2, 0.25) is 0 Å². The summed E-state index contributed by atoms with van der Waals surface area (Å²) in [4.78, 5) is 13.7. The summed E-state index contributed by atoms with van der Waals surface area (Å²) in [5.74, 6) is -0.0817. The normalized spacial score (nSPS) is 19.0. The number of rotatable bonds is 5. The molecule has 2 aliphatic rings. The average Bonchev–Trinajstić information content (AvgIpc) is 2.62. The molecule has 124 valence electrons. The van der Waals surface area contributed by atoms with Crippen molar-refractivity contribution in [1.82, 2.24) is 10.9 Å². The molecule has 0 saturated carbocycles. The number of carbonyl (C=O) groups excluding carboxylic acids is 1. The maximum absolute atomic E-state index is 12.2. The molecule has 1 fully saturated rings. The van der Waals surface area contributed by atoms with E-state index in [-0.39, 0.29) is 5.91 Å². The second-order valence-corrected chi connectivity index (χ2v) is 6.29. The Hall–Kier alpha value is -1.85. The molecule has 1 amide bonds. The molecular formula is C18H26N3O2+. The summed E-state index contributed by atoms with van der Waals surface area (Å²) in [6.07, 6.45) is 6.70. The fourth-order valence-electron chi connectivity index (χ4n) is 3.06. The summed E-state index contributed by atoms with van der Waals surface area (Å²) in [6, 6.07) is 7.91. The molecule has 0 radical (unpaired) electrons. The Morgan fingerprint density at radius 2 is 1.91 bits per heavy atom. The van der Waals surface area contributed by atoms with Gasteiger partial charge in [-0.25, -0.2) is 0 Å². The lowest BCUT2D eigenvalue weighted by Crippen LogP contribution is -3.12. The standard InChI is InChI=1S/C18H25N3O2/c22-18(20-19-17-4-2-1-3-5-17)16-8-6-15(7-9-16)14-21-10-12-23-13-11-21/h4,6-9,19H,1-3,5,10-14H2,(H,20,22)/p+1. The van der Waals surface area contributed by atoms with Gasteiger partial charge in [-0.15, -0.1) is 0 Å². The van der Waals surface area contributed by atoms with Crippen molar-refractivity contribution in [3.8, 4) is 0 Å². The SMILES string of the molecule is O=C(NNC1=CCCCC1)c1ccc(C[NH+]2CCOCC2)cc1. The van der Waals surface area contributed by atoms with Crippen LogP contribution in [0.15, 0.2) is 36.0 Å². The molecule has 0 unspecified atom stereocenters. The molecule has 5 heteroatoms. The Bertz CT molecular complexity index is 548. The van der Waals surface area contributed by atoms with Gasteiger partial charge in [0.05, 0.1) is 13.2 Å². The molecule has 3 rings (SSSR count). The molecule has 5 nitrogen and oxygen atoms in total. The number of nitrogens with one attached hydrogen (secondary N) is 3. The summed E-state index contributed by atoms with van der Waals surface area (Å²) < 4.78 is 5.38. The minimum absolute atomic E-state index is 0.0817. The van der Waals surface area contributed by atoms with E-state index in [1.54, 1.807) is 4.90 Å². The van der Waals surface area contributed by atoms with E-state index >= 15 is 0 Å². The van der Waals surface area contributed by atoms with Crippen LogP contribution < -0.4 is 15.8 Å². The van der Waals surface area contributed by atoms with Crippen molar-refractivity contribution in [3.05, 3.63) is 47.2 Å². The van der Waals surface area contributed by atoms with Crippen molar-refractivity contribution < 1.29 is 14.4 Å². The number of allylic oxidation sites excluding steroid dienone is 2. The third kappa shape index (κ3) is 4.81. The Morgan fingerprint density at radius 1 is 1.13 bits per heavy atom. The predicted molar refractivity (Wildman–Crippen MR) is 88.8 cm³/mol. The van der Waals surface area contributed by atoms with Crippen molar-refractivity contribution in [2.24, 2.45) is 0 Å². The lowest BCUT2D eigenvalue weighted by atomic mass is 10.1. The van der Waals surface area contributed by atoms with E-state index in [2.05, 4.69) is 29.1 Å². The molecular weight excluding hydrogens is 290 g/mol. The van der Waals surface area contributed by atoms with Crippen LogP contribution in [-0.4, -0.2) is 32.2 Å². The highest BCUT2D eigenvalue weighted by molar-refractivity contribution is 5.93. The number of carbonyl (C=O) groups is 1. The summed E-state index contributed by atoms with van der Waals surface area (Å²) in [5, 5.41) is 0. The molecule has 1 aromatic carbocycles. The van der Waals surface area contributed by atoms with Gasteiger partial charge in [0.2, 0.25) is 0 Å². The third-order valence-electron chi connectivity index (χ3n) is 4.50. The number of quaternary nitrogens is 1. The zero-order valence-corrected chi connectivity index (χ0v) is 13.6. The van der Waals surface area contributed by atoms with Crippen molar-refractivity contribution in [3.63, 3.8) is 0 Å². The van der Waals surface area contributed by atoms with Gasteiger partial charge in [0.15, 0.2) is 0 Å². The van der Waals surface area contributed by atoms with Gasteiger partial charge in [-0.1, -0.05) is 18.2 Å². The summed E-state index contributed by atoms with van der Waals surface area (Å²) in [6.45, 7) is 4.80. The number of amides is 1. The van der Waals surface area contributed by atoms with Gasteiger partial charge in [-0.2, -0.15) is 0 Å². The molecule has 1 aliphatic heterocycles. The van der Waals surface area contributed by atoms with E-state index in [4.69, 9.17) is 4.74 Å². The molecule has 0 atom stereocenters. The Kier molecular flexibility index (Phi) is 5.66. The van der Waals surface area contributed by atoms with Gasteiger partial charge >= 0.3 is 0 Å². The summed E-state index contributed by atoms with van der Waals surface area (Å²) in [7, 11) is 0. The number of hydrogen-bond acceptors (Lipinski definition) is 3. The second-order valence-electron chi connectivity index (χ2n) is 6.29. The van der Waals surface area contributed by atoms with Crippen LogP contribution in [0.5, 0.6) is 0 Å². The lowest BCUT2D eigenvalue weighted by Gasteiger charge is -2.23. The quantitative estimate of drug-likeness (QED) is 0.704. The van der Waals surface area contributed by atoms with Crippen LogP contribution in [0.25, 0.3) is 0 Å². The minimum Gasteiger partial charge on any atom is -0.370 e. The van der Waals surface area contributed by atoms with Crippen LogP contribution >= 0.6 is 0 Å². The molecule has 1 aromatic rings. The number of ether oxygens (including phenoxy) is 1. The van der Waals surface area contributed by atoms with E-state index in [0.29, 0.717) is 5.56 Å². The largest absolute Gasteiger partial charge is 0.370 e.